The number of pyridine rings is 1. The van der Waals surface area contributed by atoms with E-state index in [0.717, 1.165) is 35.5 Å². The lowest BCUT2D eigenvalue weighted by molar-refractivity contribution is -0.127. The van der Waals surface area contributed by atoms with E-state index in [0.29, 0.717) is 37.3 Å². The molecule has 9 heteroatoms. The smallest absolute Gasteiger partial charge is 0.337 e. The van der Waals surface area contributed by atoms with Crippen molar-refractivity contribution in [2.24, 2.45) is 0 Å². The highest BCUT2D eigenvalue weighted by Gasteiger charge is 2.26. The van der Waals surface area contributed by atoms with Gasteiger partial charge in [0.25, 0.3) is 0 Å². The van der Waals surface area contributed by atoms with E-state index >= 15 is 0 Å². The van der Waals surface area contributed by atoms with Crippen molar-refractivity contribution in [2.75, 3.05) is 20.3 Å². The quantitative estimate of drug-likeness (QED) is 0.579. The summed E-state index contributed by atoms with van der Waals surface area (Å²) in [4.78, 5) is 45.8. The predicted octanol–water partition coefficient (Wildman–Crippen LogP) is 2.12. The van der Waals surface area contributed by atoms with Crippen molar-refractivity contribution in [3.05, 3.63) is 69.9 Å². The lowest BCUT2D eigenvalue weighted by Gasteiger charge is -2.29. The number of hydrogen-bond acceptors (Lipinski definition) is 6. The Morgan fingerprint density at radius 1 is 1.27 bits per heavy atom. The van der Waals surface area contributed by atoms with Crippen LogP contribution >= 0.6 is 0 Å². The largest absolute Gasteiger partial charge is 0.465 e. The van der Waals surface area contributed by atoms with Gasteiger partial charge >= 0.3 is 5.97 Å². The van der Waals surface area contributed by atoms with Gasteiger partial charge in [0.2, 0.25) is 11.5 Å². The molecule has 2 aliphatic rings. The number of esters is 1. The fourth-order valence-corrected chi connectivity index (χ4v) is 4.23. The monoisotopic (exact) mass is 448 g/mol. The average Bonchev–Trinajstić information content (AvgIpc) is 3.13. The van der Waals surface area contributed by atoms with Gasteiger partial charge in [0.05, 0.1) is 42.9 Å². The maximum absolute atomic E-state index is 12.9. The third kappa shape index (κ3) is 4.19. The third-order valence-electron chi connectivity index (χ3n) is 6.14. The highest BCUT2D eigenvalue weighted by Crippen LogP contribution is 2.26. The molecule has 1 fully saturated rings. The maximum Gasteiger partial charge on any atom is 0.337 e. The lowest BCUT2D eigenvalue weighted by atomic mass is 10.0. The Labute approximate surface area is 189 Å². The summed E-state index contributed by atoms with van der Waals surface area (Å²) in [6.45, 7) is 2.19. The van der Waals surface area contributed by atoms with E-state index in [9.17, 15) is 14.4 Å². The van der Waals surface area contributed by atoms with E-state index < -0.39 is 5.97 Å². The number of aromatic nitrogens is 3. The molecule has 170 valence electrons. The van der Waals surface area contributed by atoms with E-state index in [1.807, 2.05) is 4.57 Å². The molecule has 4 heterocycles. The van der Waals surface area contributed by atoms with Crippen molar-refractivity contribution >= 4 is 28.5 Å². The Hall–Kier alpha value is -3.72. The van der Waals surface area contributed by atoms with Gasteiger partial charge in [0, 0.05) is 31.0 Å². The number of benzene rings is 1. The molecule has 0 aliphatic carbocycles. The molecule has 2 aliphatic heterocycles. The molecule has 1 saturated heterocycles. The van der Waals surface area contributed by atoms with Crippen LogP contribution in [0.5, 0.6) is 0 Å². The van der Waals surface area contributed by atoms with Crippen molar-refractivity contribution in [2.45, 2.75) is 32.0 Å². The number of amides is 1. The summed E-state index contributed by atoms with van der Waals surface area (Å²) in [5, 5.41) is 0. The predicted molar refractivity (Wildman–Crippen MR) is 121 cm³/mol. The number of imidazole rings is 1. The SMILES string of the molecule is COC(=O)c1ccc2nc(CN3CCC(c4cccc(=O)[nH]4)=CC3=O)n(C[C@@H]3CCO3)c2c1. The number of nitrogens with one attached hydrogen (secondary N) is 1. The molecule has 0 saturated carbocycles. The van der Waals surface area contributed by atoms with Gasteiger partial charge in [0.1, 0.15) is 5.82 Å². The van der Waals surface area contributed by atoms with Crippen LogP contribution in [-0.2, 0) is 27.4 Å². The van der Waals surface area contributed by atoms with Crippen LogP contribution < -0.4 is 5.56 Å². The number of hydrogen-bond donors (Lipinski definition) is 1. The van der Waals surface area contributed by atoms with E-state index in [1.54, 1.807) is 41.3 Å². The summed E-state index contributed by atoms with van der Waals surface area (Å²) in [6, 6.07) is 10.2. The third-order valence-corrected chi connectivity index (χ3v) is 6.14. The first-order valence-corrected chi connectivity index (χ1v) is 10.9. The van der Waals surface area contributed by atoms with Crippen LogP contribution in [-0.4, -0.2) is 57.7 Å². The number of fused-ring (bicyclic) bond motifs is 1. The average molecular weight is 448 g/mol. The van der Waals surface area contributed by atoms with Crippen molar-refractivity contribution < 1.29 is 19.1 Å². The lowest BCUT2D eigenvalue weighted by Crippen LogP contribution is -2.36. The zero-order chi connectivity index (χ0) is 22.9. The van der Waals surface area contributed by atoms with Gasteiger partial charge in [-0.3, -0.25) is 9.59 Å². The van der Waals surface area contributed by atoms with Gasteiger partial charge < -0.3 is 23.9 Å². The van der Waals surface area contributed by atoms with Crippen LogP contribution in [0.15, 0.2) is 47.3 Å². The van der Waals surface area contributed by atoms with Gasteiger partial charge in [-0.05, 0) is 42.7 Å². The minimum Gasteiger partial charge on any atom is -0.465 e. The Morgan fingerprint density at radius 3 is 2.82 bits per heavy atom. The molecule has 1 aromatic carbocycles. The normalized spacial score (nSPS) is 18.2. The summed E-state index contributed by atoms with van der Waals surface area (Å²) in [7, 11) is 1.35. The Kier molecular flexibility index (Phi) is 5.55. The molecule has 3 aromatic rings. The van der Waals surface area contributed by atoms with Crippen LogP contribution in [0.2, 0.25) is 0 Å². The zero-order valence-corrected chi connectivity index (χ0v) is 18.2. The number of nitrogens with zero attached hydrogens (tertiary/aromatic N) is 3. The first kappa shape index (κ1) is 21.1. The fraction of sp³-hybridized carbons (Fsp3) is 0.333. The zero-order valence-electron chi connectivity index (χ0n) is 18.2. The van der Waals surface area contributed by atoms with Gasteiger partial charge in [-0.1, -0.05) is 6.07 Å². The number of aromatic amines is 1. The molecule has 9 nitrogen and oxygen atoms in total. The highest BCUT2D eigenvalue weighted by molar-refractivity contribution is 5.96. The number of methoxy groups -OCH3 is 1. The molecule has 0 bridgehead atoms. The van der Waals surface area contributed by atoms with Gasteiger partial charge in [0.15, 0.2) is 0 Å². The number of ether oxygens (including phenoxy) is 2. The minimum atomic E-state index is -0.408. The van der Waals surface area contributed by atoms with Gasteiger partial charge in [-0.2, -0.15) is 0 Å². The van der Waals surface area contributed by atoms with E-state index in [1.165, 1.54) is 13.2 Å². The van der Waals surface area contributed by atoms with Gasteiger partial charge in [-0.15, -0.1) is 0 Å². The number of rotatable bonds is 6. The highest BCUT2D eigenvalue weighted by atomic mass is 16.5. The number of carbonyl (C=O) groups excluding carboxylic acids is 2. The van der Waals surface area contributed by atoms with Crippen LogP contribution in [0, 0.1) is 0 Å². The number of H-pyrrole nitrogens is 1. The van der Waals surface area contributed by atoms with Crippen molar-refractivity contribution in [1.82, 2.24) is 19.4 Å². The molecule has 0 unspecified atom stereocenters. The second kappa shape index (κ2) is 8.67. The van der Waals surface area contributed by atoms with Crippen LogP contribution in [0.3, 0.4) is 0 Å². The van der Waals surface area contributed by atoms with E-state index in [2.05, 4.69) is 4.98 Å². The van der Waals surface area contributed by atoms with Gasteiger partial charge in [-0.25, -0.2) is 9.78 Å². The molecule has 2 aromatic heterocycles. The second-order valence-electron chi connectivity index (χ2n) is 8.22. The molecular formula is C24H24N4O5. The molecule has 33 heavy (non-hydrogen) atoms. The molecule has 0 spiro atoms. The Balaban J connectivity index is 1.44. The molecule has 1 N–H and O–H groups in total. The first-order valence-electron chi connectivity index (χ1n) is 10.9. The molecule has 1 atom stereocenters. The fourth-order valence-electron chi connectivity index (χ4n) is 4.23. The standard InChI is InChI=1S/C24H24N4O5/c1-32-24(31)16-5-6-19-20(11-16)28(13-17-8-10-33-17)21(25-19)14-27-9-7-15(12-23(27)30)18-3-2-4-22(29)26-18/h2-6,11-12,17H,7-10,13-14H2,1H3,(H,26,29)/t17-/m0/s1. The summed E-state index contributed by atoms with van der Waals surface area (Å²) >= 11 is 0. The van der Waals surface area contributed by atoms with Crippen LogP contribution in [0.1, 0.15) is 34.7 Å². The summed E-state index contributed by atoms with van der Waals surface area (Å²) < 4.78 is 12.5. The summed E-state index contributed by atoms with van der Waals surface area (Å²) in [5.41, 5.74) is 3.30. The van der Waals surface area contributed by atoms with Crippen molar-refractivity contribution in [3.63, 3.8) is 0 Å². The van der Waals surface area contributed by atoms with Crippen LogP contribution in [0.25, 0.3) is 16.6 Å². The Morgan fingerprint density at radius 2 is 2.12 bits per heavy atom. The minimum absolute atomic E-state index is 0.0846. The van der Waals surface area contributed by atoms with E-state index in [-0.39, 0.29) is 17.6 Å². The molecule has 5 rings (SSSR count). The van der Waals surface area contributed by atoms with Crippen molar-refractivity contribution in [3.8, 4) is 0 Å². The van der Waals surface area contributed by atoms with Crippen molar-refractivity contribution in [1.29, 1.82) is 0 Å². The summed E-state index contributed by atoms with van der Waals surface area (Å²) in [5.74, 6) is 0.199. The molecular weight excluding hydrogens is 424 g/mol. The van der Waals surface area contributed by atoms with E-state index in [4.69, 9.17) is 14.5 Å². The molecule has 0 radical (unpaired) electrons. The molecule has 1 amide bonds. The number of carbonyl (C=O) groups is 2. The second-order valence-corrected chi connectivity index (χ2v) is 8.22. The first-order chi connectivity index (χ1) is 16.0. The topological polar surface area (TPSA) is 107 Å². The van der Waals surface area contributed by atoms with Crippen LogP contribution in [0.4, 0.5) is 0 Å². The Bertz CT molecular complexity index is 1320. The summed E-state index contributed by atoms with van der Waals surface area (Å²) in [6.07, 6.45) is 3.25. The maximum atomic E-state index is 12.9.